The molecule has 0 unspecified atom stereocenters. The SMILES string of the molecule is [NH3+]Cc1ccccc1OCc1ccccc1. The molecule has 2 aromatic carbocycles. The van der Waals surface area contributed by atoms with Crippen molar-refractivity contribution in [2.24, 2.45) is 0 Å². The van der Waals surface area contributed by atoms with Crippen LogP contribution in [0.2, 0.25) is 0 Å². The second kappa shape index (κ2) is 5.33. The third kappa shape index (κ3) is 2.61. The summed E-state index contributed by atoms with van der Waals surface area (Å²) in [6.45, 7) is 1.36. The minimum absolute atomic E-state index is 0.609. The highest BCUT2D eigenvalue weighted by Gasteiger charge is 2.02. The number of para-hydroxylation sites is 1. The Morgan fingerprint density at radius 3 is 2.31 bits per heavy atom. The summed E-state index contributed by atoms with van der Waals surface area (Å²) in [7, 11) is 0. The van der Waals surface area contributed by atoms with Crippen LogP contribution in [0.1, 0.15) is 11.1 Å². The summed E-state index contributed by atoms with van der Waals surface area (Å²) in [6, 6.07) is 18.2. The van der Waals surface area contributed by atoms with Crippen molar-refractivity contribution >= 4 is 0 Å². The third-order valence-electron chi connectivity index (χ3n) is 2.48. The van der Waals surface area contributed by atoms with E-state index in [1.54, 1.807) is 0 Å². The van der Waals surface area contributed by atoms with Crippen molar-refractivity contribution < 1.29 is 10.5 Å². The van der Waals surface area contributed by atoms with Gasteiger partial charge in [-0.15, -0.1) is 0 Å². The minimum atomic E-state index is 0.609. The van der Waals surface area contributed by atoms with Crippen LogP contribution in [-0.2, 0) is 13.2 Å². The molecular weight excluding hydrogens is 198 g/mol. The summed E-state index contributed by atoms with van der Waals surface area (Å²) in [4.78, 5) is 0. The van der Waals surface area contributed by atoms with E-state index >= 15 is 0 Å². The zero-order chi connectivity index (χ0) is 11.2. The van der Waals surface area contributed by atoms with E-state index in [1.165, 1.54) is 5.56 Å². The smallest absolute Gasteiger partial charge is 0.128 e. The molecule has 16 heavy (non-hydrogen) atoms. The van der Waals surface area contributed by atoms with Gasteiger partial charge in [-0.25, -0.2) is 0 Å². The second-order valence-corrected chi connectivity index (χ2v) is 3.63. The molecule has 0 bridgehead atoms. The molecule has 0 saturated carbocycles. The highest BCUT2D eigenvalue weighted by Crippen LogP contribution is 2.18. The van der Waals surface area contributed by atoms with Crippen molar-refractivity contribution in [3.05, 3.63) is 65.7 Å². The fraction of sp³-hybridized carbons (Fsp3) is 0.143. The molecule has 0 aliphatic heterocycles. The molecule has 0 atom stereocenters. The lowest BCUT2D eigenvalue weighted by Gasteiger charge is -2.08. The summed E-state index contributed by atoms with van der Waals surface area (Å²) in [5.74, 6) is 0.932. The van der Waals surface area contributed by atoms with Crippen LogP contribution in [0.4, 0.5) is 0 Å². The lowest BCUT2D eigenvalue weighted by molar-refractivity contribution is -0.386. The van der Waals surface area contributed by atoms with Crippen molar-refractivity contribution in [3.8, 4) is 5.75 Å². The summed E-state index contributed by atoms with van der Waals surface area (Å²) < 4.78 is 5.77. The van der Waals surface area contributed by atoms with E-state index < -0.39 is 0 Å². The Kier molecular flexibility index (Phi) is 3.57. The molecule has 3 N–H and O–H groups in total. The topological polar surface area (TPSA) is 36.9 Å². The van der Waals surface area contributed by atoms with Gasteiger partial charge in [0.1, 0.15) is 18.9 Å². The van der Waals surface area contributed by atoms with E-state index in [9.17, 15) is 0 Å². The zero-order valence-corrected chi connectivity index (χ0v) is 9.23. The normalized spacial score (nSPS) is 10.1. The number of benzene rings is 2. The summed E-state index contributed by atoms with van der Waals surface area (Å²) in [6.07, 6.45) is 0. The minimum Gasteiger partial charge on any atom is -0.488 e. The maximum atomic E-state index is 5.77. The highest BCUT2D eigenvalue weighted by molar-refractivity contribution is 5.32. The van der Waals surface area contributed by atoms with Crippen LogP contribution in [0, 0.1) is 0 Å². The van der Waals surface area contributed by atoms with Crippen molar-refractivity contribution in [3.63, 3.8) is 0 Å². The van der Waals surface area contributed by atoms with Crippen molar-refractivity contribution in [1.82, 2.24) is 0 Å². The van der Waals surface area contributed by atoms with Crippen LogP contribution < -0.4 is 10.5 Å². The molecule has 0 amide bonds. The van der Waals surface area contributed by atoms with Gasteiger partial charge in [-0.1, -0.05) is 42.5 Å². The quantitative estimate of drug-likeness (QED) is 0.830. The molecule has 2 aromatic rings. The Balaban J connectivity index is 2.05. The monoisotopic (exact) mass is 214 g/mol. The Hall–Kier alpha value is -1.80. The van der Waals surface area contributed by atoms with Gasteiger partial charge in [-0.2, -0.15) is 0 Å². The Morgan fingerprint density at radius 1 is 0.875 bits per heavy atom. The number of quaternary nitrogens is 1. The van der Waals surface area contributed by atoms with Gasteiger partial charge in [0, 0.05) is 5.56 Å². The molecule has 2 nitrogen and oxygen atoms in total. The van der Waals surface area contributed by atoms with Crippen molar-refractivity contribution in [1.29, 1.82) is 0 Å². The summed E-state index contributed by atoms with van der Waals surface area (Å²) in [5, 5.41) is 0. The fourth-order valence-corrected chi connectivity index (χ4v) is 1.59. The highest BCUT2D eigenvalue weighted by atomic mass is 16.5. The lowest BCUT2D eigenvalue weighted by atomic mass is 10.2. The van der Waals surface area contributed by atoms with E-state index in [2.05, 4.69) is 17.9 Å². The van der Waals surface area contributed by atoms with Crippen LogP contribution in [-0.4, -0.2) is 0 Å². The number of rotatable bonds is 4. The maximum absolute atomic E-state index is 5.77. The predicted octanol–water partition coefficient (Wildman–Crippen LogP) is 2.01. The first kappa shape index (κ1) is 10.7. The van der Waals surface area contributed by atoms with Gasteiger partial charge >= 0.3 is 0 Å². The van der Waals surface area contributed by atoms with E-state index in [0.717, 1.165) is 17.9 Å². The number of hydrogen-bond donors (Lipinski definition) is 1. The van der Waals surface area contributed by atoms with Gasteiger partial charge in [-0.05, 0) is 17.7 Å². The average molecular weight is 214 g/mol. The number of hydrogen-bond acceptors (Lipinski definition) is 1. The molecule has 2 rings (SSSR count). The lowest BCUT2D eigenvalue weighted by Crippen LogP contribution is -2.47. The van der Waals surface area contributed by atoms with Crippen LogP contribution in [0.3, 0.4) is 0 Å². The van der Waals surface area contributed by atoms with Crippen LogP contribution in [0.5, 0.6) is 5.75 Å². The van der Waals surface area contributed by atoms with E-state index in [4.69, 9.17) is 4.74 Å². The second-order valence-electron chi connectivity index (χ2n) is 3.63. The molecule has 82 valence electrons. The van der Waals surface area contributed by atoms with Crippen molar-refractivity contribution in [2.45, 2.75) is 13.2 Å². The van der Waals surface area contributed by atoms with Gasteiger partial charge in [0.15, 0.2) is 0 Å². The molecule has 0 heterocycles. The maximum Gasteiger partial charge on any atom is 0.128 e. The molecule has 0 fully saturated rings. The molecule has 0 saturated heterocycles. The molecule has 0 aliphatic carbocycles. The fourth-order valence-electron chi connectivity index (χ4n) is 1.59. The molecule has 2 heteroatoms. The largest absolute Gasteiger partial charge is 0.488 e. The van der Waals surface area contributed by atoms with Gasteiger partial charge < -0.3 is 10.5 Å². The molecule has 0 spiro atoms. The van der Waals surface area contributed by atoms with E-state index in [0.29, 0.717) is 6.61 Å². The summed E-state index contributed by atoms with van der Waals surface area (Å²) >= 11 is 0. The first-order chi connectivity index (χ1) is 7.90. The van der Waals surface area contributed by atoms with Crippen LogP contribution >= 0.6 is 0 Å². The Labute approximate surface area is 95.7 Å². The van der Waals surface area contributed by atoms with E-state index in [-0.39, 0.29) is 0 Å². The Bertz CT molecular complexity index is 439. The molecule has 0 aliphatic rings. The molecule has 0 radical (unpaired) electrons. The van der Waals surface area contributed by atoms with Gasteiger partial charge in [0.2, 0.25) is 0 Å². The predicted molar refractivity (Wildman–Crippen MR) is 63.8 cm³/mol. The third-order valence-corrected chi connectivity index (χ3v) is 2.48. The van der Waals surface area contributed by atoms with Crippen molar-refractivity contribution in [2.75, 3.05) is 0 Å². The Morgan fingerprint density at radius 2 is 1.56 bits per heavy atom. The van der Waals surface area contributed by atoms with Gasteiger partial charge in [0.05, 0.1) is 0 Å². The van der Waals surface area contributed by atoms with Gasteiger partial charge in [-0.3, -0.25) is 0 Å². The zero-order valence-electron chi connectivity index (χ0n) is 9.23. The van der Waals surface area contributed by atoms with Gasteiger partial charge in [0.25, 0.3) is 0 Å². The molecular formula is C14H16NO+. The van der Waals surface area contributed by atoms with E-state index in [1.807, 2.05) is 42.5 Å². The summed E-state index contributed by atoms with van der Waals surface area (Å²) in [5.41, 5.74) is 6.22. The first-order valence-corrected chi connectivity index (χ1v) is 5.44. The average Bonchev–Trinajstić information content (AvgIpc) is 2.38. The van der Waals surface area contributed by atoms with Crippen LogP contribution in [0.25, 0.3) is 0 Å². The number of ether oxygens (including phenoxy) is 1. The molecule has 0 aromatic heterocycles. The van der Waals surface area contributed by atoms with Crippen LogP contribution in [0.15, 0.2) is 54.6 Å². The first-order valence-electron chi connectivity index (χ1n) is 5.44. The standard InChI is InChI=1S/C14H15NO/c15-10-13-8-4-5-9-14(13)16-11-12-6-2-1-3-7-12/h1-9H,10-11,15H2/p+1.